The van der Waals surface area contributed by atoms with Crippen LogP contribution in [0, 0.1) is 0 Å². The minimum atomic E-state index is 0.904. The average molecular weight is 364 g/mol. The molecule has 2 aromatic carbocycles. The summed E-state index contributed by atoms with van der Waals surface area (Å²) in [6, 6.07) is 20.5. The molecular formula is C22H16N6. The van der Waals surface area contributed by atoms with Crippen molar-refractivity contribution in [3.05, 3.63) is 73.1 Å². The number of fused-ring (bicyclic) bond motifs is 6. The van der Waals surface area contributed by atoms with Crippen LogP contribution in [0.25, 0.3) is 43.9 Å². The van der Waals surface area contributed by atoms with Crippen LogP contribution < -0.4 is 10.9 Å². The highest BCUT2D eigenvalue weighted by atomic mass is 15.4. The molecule has 0 bridgehead atoms. The lowest BCUT2D eigenvalue weighted by Crippen LogP contribution is -2.08. The predicted molar refractivity (Wildman–Crippen MR) is 114 cm³/mol. The van der Waals surface area contributed by atoms with E-state index in [1.54, 1.807) is 12.4 Å². The van der Waals surface area contributed by atoms with Gasteiger partial charge in [-0.2, -0.15) is 0 Å². The first kappa shape index (κ1) is 15.0. The summed E-state index contributed by atoms with van der Waals surface area (Å²) < 4.78 is 0. The first-order valence-corrected chi connectivity index (χ1v) is 9.10. The van der Waals surface area contributed by atoms with Gasteiger partial charge in [-0.15, -0.1) is 0 Å². The molecule has 4 heterocycles. The number of nitrogens with one attached hydrogen (secondary N) is 4. The van der Waals surface area contributed by atoms with Crippen molar-refractivity contribution in [2.75, 3.05) is 10.9 Å². The number of hydrogen-bond donors (Lipinski definition) is 4. The highest BCUT2D eigenvalue weighted by molar-refractivity contribution is 6.08. The predicted octanol–water partition coefficient (Wildman–Crippen LogP) is 5.18. The quantitative estimate of drug-likeness (QED) is 0.326. The third kappa shape index (κ3) is 2.28. The van der Waals surface area contributed by atoms with Gasteiger partial charge in [0.2, 0.25) is 0 Å². The van der Waals surface area contributed by atoms with E-state index in [4.69, 9.17) is 0 Å². The van der Waals surface area contributed by atoms with Crippen LogP contribution in [0.2, 0.25) is 0 Å². The maximum absolute atomic E-state index is 4.39. The molecular weight excluding hydrogens is 348 g/mol. The third-order valence-corrected chi connectivity index (χ3v) is 5.09. The van der Waals surface area contributed by atoms with E-state index in [2.05, 4.69) is 67.2 Å². The smallest absolute Gasteiger partial charge is 0.138 e. The van der Waals surface area contributed by atoms with E-state index in [1.165, 1.54) is 0 Å². The van der Waals surface area contributed by atoms with Gasteiger partial charge in [0.25, 0.3) is 0 Å². The van der Waals surface area contributed by atoms with Gasteiger partial charge >= 0.3 is 0 Å². The number of anilines is 2. The van der Waals surface area contributed by atoms with Gasteiger partial charge in [0.05, 0.1) is 11.4 Å². The van der Waals surface area contributed by atoms with Gasteiger partial charge in [-0.05, 0) is 60.7 Å². The summed E-state index contributed by atoms with van der Waals surface area (Å²) in [6.07, 6.45) is 3.60. The highest BCUT2D eigenvalue weighted by Crippen LogP contribution is 2.28. The maximum atomic E-state index is 4.39. The molecule has 0 unspecified atom stereocenters. The number of H-pyrrole nitrogens is 2. The van der Waals surface area contributed by atoms with E-state index < -0.39 is 0 Å². The molecule has 4 aromatic heterocycles. The van der Waals surface area contributed by atoms with Crippen molar-refractivity contribution in [2.24, 2.45) is 0 Å². The number of aromatic amines is 2. The van der Waals surface area contributed by atoms with Gasteiger partial charge in [-0.1, -0.05) is 0 Å². The number of hydrazine groups is 1. The Labute approximate surface area is 159 Å². The van der Waals surface area contributed by atoms with Crippen LogP contribution in [0.3, 0.4) is 0 Å². The van der Waals surface area contributed by atoms with Gasteiger partial charge < -0.3 is 20.8 Å². The molecule has 0 aliphatic carbocycles. The summed E-state index contributed by atoms with van der Waals surface area (Å²) in [5.41, 5.74) is 12.5. The molecule has 0 aliphatic rings. The third-order valence-electron chi connectivity index (χ3n) is 5.09. The molecule has 6 heteroatoms. The van der Waals surface area contributed by atoms with Crippen molar-refractivity contribution < 1.29 is 0 Å². The Kier molecular flexibility index (Phi) is 3.07. The van der Waals surface area contributed by atoms with Gasteiger partial charge in [0, 0.05) is 45.0 Å². The summed E-state index contributed by atoms with van der Waals surface area (Å²) in [7, 11) is 0. The number of nitrogens with zero attached hydrogens (tertiary/aromatic N) is 2. The molecule has 0 spiro atoms. The number of pyridine rings is 2. The monoisotopic (exact) mass is 364 g/mol. The van der Waals surface area contributed by atoms with E-state index in [9.17, 15) is 0 Å². The number of aromatic nitrogens is 4. The molecule has 0 saturated heterocycles. The van der Waals surface area contributed by atoms with Gasteiger partial charge in [-0.3, -0.25) is 0 Å². The van der Waals surface area contributed by atoms with Crippen LogP contribution in [-0.4, -0.2) is 19.9 Å². The zero-order valence-electron chi connectivity index (χ0n) is 14.8. The number of benzene rings is 2. The first-order valence-electron chi connectivity index (χ1n) is 9.10. The van der Waals surface area contributed by atoms with E-state index in [0.29, 0.717) is 0 Å². The lowest BCUT2D eigenvalue weighted by Gasteiger charge is -2.10. The fraction of sp³-hybridized carbons (Fsp3) is 0. The van der Waals surface area contributed by atoms with Crippen LogP contribution >= 0.6 is 0 Å². The summed E-state index contributed by atoms with van der Waals surface area (Å²) in [6.45, 7) is 0. The van der Waals surface area contributed by atoms with E-state index in [-0.39, 0.29) is 0 Å². The Morgan fingerprint density at radius 1 is 0.571 bits per heavy atom. The molecule has 28 heavy (non-hydrogen) atoms. The fourth-order valence-electron chi connectivity index (χ4n) is 3.75. The lowest BCUT2D eigenvalue weighted by molar-refractivity contribution is 1.35. The summed E-state index contributed by atoms with van der Waals surface area (Å²) in [5, 5.41) is 4.53. The second-order valence-electron chi connectivity index (χ2n) is 6.82. The Morgan fingerprint density at radius 3 is 1.57 bits per heavy atom. The minimum absolute atomic E-state index is 0.904. The SMILES string of the molecule is c1cnc2[nH]c3ccc(NNc4ccc5[nH]c6ncccc6c5c4)cc3c2c1. The van der Waals surface area contributed by atoms with E-state index in [1.807, 2.05) is 24.3 Å². The van der Waals surface area contributed by atoms with E-state index in [0.717, 1.165) is 55.2 Å². The molecule has 0 saturated carbocycles. The van der Waals surface area contributed by atoms with Crippen molar-refractivity contribution in [1.29, 1.82) is 0 Å². The van der Waals surface area contributed by atoms with Crippen LogP contribution in [-0.2, 0) is 0 Å². The second-order valence-corrected chi connectivity index (χ2v) is 6.82. The standard InChI is InChI=1S/C22H16N6/c1-3-15-17-11-13(5-7-19(17)25-21(15)23-9-1)27-28-14-6-8-20-18(12-14)16-4-2-10-24-22(16)26-20/h1-12,27-28H,(H,23,25)(H,24,26). The Bertz CT molecular complexity index is 1360. The molecule has 6 rings (SSSR count). The second kappa shape index (κ2) is 5.72. The topological polar surface area (TPSA) is 81.4 Å². The zero-order valence-corrected chi connectivity index (χ0v) is 14.8. The van der Waals surface area contributed by atoms with Crippen molar-refractivity contribution >= 4 is 55.2 Å². The first-order chi connectivity index (χ1) is 13.8. The van der Waals surface area contributed by atoms with Gasteiger partial charge in [0.1, 0.15) is 11.3 Å². The Morgan fingerprint density at radius 2 is 1.07 bits per heavy atom. The molecule has 0 atom stereocenters. The fourth-order valence-corrected chi connectivity index (χ4v) is 3.75. The molecule has 0 radical (unpaired) electrons. The largest absolute Gasteiger partial charge is 0.339 e. The van der Waals surface area contributed by atoms with Crippen molar-refractivity contribution in [3.8, 4) is 0 Å². The summed E-state index contributed by atoms with van der Waals surface area (Å²) >= 11 is 0. The summed E-state index contributed by atoms with van der Waals surface area (Å²) in [4.78, 5) is 15.5. The normalized spacial score (nSPS) is 11.6. The Hall–Kier alpha value is -4.06. The van der Waals surface area contributed by atoms with Crippen molar-refractivity contribution in [2.45, 2.75) is 0 Å². The van der Waals surface area contributed by atoms with Crippen LogP contribution in [0.4, 0.5) is 11.4 Å². The van der Waals surface area contributed by atoms with E-state index >= 15 is 0 Å². The minimum Gasteiger partial charge on any atom is -0.339 e. The molecule has 0 fully saturated rings. The summed E-state index contributed by atoms with van der Waals surface area (Å²) in [5.74, 6) is 0. The van der Waals surface area contributed by atoms with Crippen LogP contribution in [0.15, 0.2) is 73.1 Å². The van der Waals surface area contributed by atoms with Gasteiger partial charge in [-0.25, -0.2) is 9.97 Å². The number of rotatable bonds is 3. The highest BCUT2D eigenvalue weighted by Gasteiger charge is 2.07. The molecule has 6 aromatic rings. The molecule has 0 aliphatic heterocycles. The molecule has 0 amide bonds. The lowest BCUT2D eigenvalue weighted by atomic mass is 10.2. The van der Waals surface area contributed by atoms with Crippen LogP contribution in [0.5, 0.6) is 0 Å². The van der Waals surface area contributed by atoms with Gasteiger partial charge in [0.15, 0.2) is 0 Å². The Balaban J connectivity index is 1.34. The number of hydrogen-bond acceptors (Lipinski definition) is 4. The average Bonchev–Trinajstić information content (AvgIpc) is 3.30. The molecule has 6 nitrogen and oxygen atoms in total. The van der Waals surface area contributed by atoms with Crippen molar-refractivity contribution in [1.82, 2.24) is 19.9 Å². The van der Waals surface area contributed by atoms with Crippen molar-refractivity contribution in [3.63, 3.8) is 0 Å². The molecule has 4 N–H and O–H groups in total. The zero-order chi connectivity index (χ0) is 18.5. The van der Waals surface area contributed by atoms with Crippen LogP contribution in [0.1, 0.15) is 0 Å². The molecule has 134 valence electrons. The maximum Gasteiger partial charge on any atom is 0.138 e.